The number of rotatable bonds is 15. The van der Waals surface area contributed by atoms with Crippen LogP contribution < -0.4 is 0 Å². The lowest BCUT2D eigenvalue weighted by molar-refractivity contribution is -0.283. The molecule has 4 heteroatoms. The third-order valence-electron chi connectivity index (χ3n) is 3.48. The van der Waals surface area contributed by atoms with Gasteiger partial charge in [-0.2, -0.15) is 0 Å². The van der Waals surface area contributed by atoms with E-state index in [2.05, 4.69) is 34.6 Å². The van der Waals surface area contributed by atoms with Crippen LogP contribution in [0.3, 0.4) is 0 Å². The van der Waals surface area contributed by atoms with E-state index >= 15 is 0 Å². The van der Waals surface area contributed by atoms with Crippen LogP contribution in [0.2, 0.25) is 0 Å². The summed E-state index contributed by atoms with van der Waals surface area (Å²) in [6.07, 6.45) is 5.56. The largest absolute Gasteiger partial charge is 0.352 e. The number of hydrogen-bond donors (Lipinski definition) is 0. The summed E-state index contributed by atoms with van der Waals surface area (Å²) in [5.74, 6) is -0.657. The second kappa shape index (κ2) is 13.3. The second-order valence-electron chi connectivity index (χ2n) is 6.05. The maximum atomic E-state index is 6.12. The zero-order chi connectivity index (χ0) is 16.8. The van der Waals surface area contributed by atoms with E-state index in [-0.39, 0.29) is 12.4 Å². The Labute approximate surface area is 137 Å². The Kier molecular flexibility index (Phi) is 13.2. The standard InChI is InChI=1S/C18H38O4/c1-7-11-14-20-17(19-12-8-2)15-18(6,21-13-9-3)22-16(5)10-4/h16-17H,7-15H2,1-6H3. The maximum Gasteiger partial charge on any atom is 0.170 e. The first-order chi connectivity index (χ1) is 10.5. The molecule has 0 aromatic rings. The van der Waals surface area contributed by atoms with Gasteiger partial charge in [-0.05, 0) is 39.5 Å². The first-order valence-electron chi connectivity index (χ1n) is 9.06. The molecule has 0 aromatic carbocycles. The molecule has 3 atom stereocenters. The highest BCUT2D eigenvalue weighted by Gasteiger charge is 2.32. The minimum Gasteiger partial charge on any atom is -0.352 e. The highest BCUT2D eigenvalue weighted by molar-refractivity contribution is 4.69. The molecule has 0 spiro atoms. The highest BCUT2D eigenvalue weighted by atomic mass is 16.7. The minimum absolute atomic E-state index is 0.157. The van der Waals surface area contributed by atoms with Gasteiger partial charge in [0.05, 0.1) is 12.5 Å². The first-order valence-corrected chi connectivity index (χ1v) is 9.06. The van der Waals surface area contributed by atoms with Crippen molar-refractivity contribution in [1.82, 2.24) is 0 Å². The van der Waals surface area contributed by atoms with Gasteiger partial charge in [-0.1, -0.05) is 34.1 Å². The smallest absolute Gasteiger partial charge is 0.170 e. The predicted octanol–water partition coefficient (Wildman–Crippen LogP) is 4.90. The summed E-state index contributed by atoms with van der Waals surface area (Å²) in [5, 5.41) is 0. The van der Waals surface area contributed by atoms with E-state index in [0.29, 0.717) is 19.6 Å². The SMILES string of the molecule is CCCCOC(CC(C)(OCCC)OC(C)CC)OCCC. The van der Waals surface area contributed by atoms with E-state index < -0.39 is 5.79 Å². The summed E-state index contributed by atoms with van der Waals surface area (Å²) in [4.78, 5) is 0. The second-order valence-corrected chi connectivity index (χ2v) is 6.05. The van der Waals surface area contributed by atoms with Gasteiger partial charge in [-0.15, -0.1) is 0 Å². The monoisotopic (exact) mass is 318 g/mol. The Morgan fingerprint density at radius 3 is 2.05 bits per heavy atom. The zero-order valence-corrected chi connectivity index (χ0v) is 15.7. The molecule has 22 heavy (non-hydrogen) atoms. The van der Waals surface area contributed by atoms with Crippen molar-refractivity contribution in [3.8, 4) is 0 Å². The molecular formula is C18H38O4. The topological polar surface area (TPSA) is 36.9 Å². The van der Waals surface area contributed by atoms with Crippen LogP contribution in [0.1, 0.15) is 80.1 Å². The van der Waals surface area contributed by atoms with E-state index in [9.17, 15) is 0 Å². The molecule has 0 aliphatic carbocycles. The summed E-state index contributed by atoms with van der Waals surface area (Å²) in [7, 11) is 0. The molecule has 0 aliphatic heterocycles. The third kappa shape index (κ3) is 10.5. The lowest BCUT2D eigenvalue weighted by Gasteiger charge is -2.35. The lowest BCUT2D eigenvalue weighted by atomic mass is 10.2. The van der Waals surface area contributed by atoms with E-state index in [4.69, 9.17) is 18.9 Å². The van der Waals surface area contributed by atoms with Gasteiger partial charge in [0.15, 0.2) is 12.1 Å². The molecule has 3 unspecified atom stereocenters. The summed E-state index contributed by atoms with van der Waals surface area (Å²) in [5.41, 5.74) is 0. The van der Waals surface area contributed by atoms with Gasteiger partial charge >= 0.3 is 0 Å². The van der Waals surface area contributed by atoms with Crippen molar-refractivity contribution in [2.45, 2.75) is 98.2 Å². The van der Waals surface area contributed by atoms with Gasteiger partial charge in [0.2, 0.25) is 0 Å². The molecule has 4 nitrogen and oxygen atoms in total. The van der Waals surface area contributed by atoms with Crippen molar-refractivity contribution in [3.05, 3.63) is 0 Å². The molecular weight excluding hydrogens is 280 g/mol. The average molecular weight is 318 g/mol. The van der Waals surface area contributed by atoms with E-state index in [0.717, 1.165) is 38.7 Å². The van der Waals surface area contributed by atoms with Crippen molar-refractivity contribution >= 4 is 0 Å². The van der Waals surface area contributed by atoms with Crippen LogP contribution >= 0.6 is 0 Å². The third-order valence-corrected chi connectivity index (χ3v) is 3.48. The van der Waals surface area contributed by atoms with Crippen LogP contribution in [0, 0.1) is 0 Å². The van der Waals surface area contributed by atoms with Crippen LogP contribution in [0.4, 0.5) is 0 Å². The van der Waals surface area contributed by atoms with Gasteiger partial charge < -0.3 is 18.9 Å². The Hall–Kier alpha value is -0.160. The molecule has 0 N–H and O–H groups in total. The van der Waals surface area contributed by atoms with Gasteiger partial charge in [0.1, 0.15) is 0 Å². The molecule has 0 saturated heterocycles. The quantitative estimate of drug-likeness (QED) is 0.318. The zero-order valence-electron chi connectivity index (χ0n) is 15.7. The van der Waals surface area contributed by atoms with Crippen LogP contribution in [-0.4, -0.2) is 38.0 Å². The Balaban J connectivity index is 4.67. The molecule has 0 saturated carbocycles. The molecule has 0 fully saturated rings. The summed E-state index contributed by atoms with van der Waals surface area (Å²) in [6, 6.07) is 0. The van der Waals surface area contributed by atoms with Crippen molar-refractivity contribution in [2.75, 3.05) is 19.8 Å². The molecule has 0 bridgehead atoms. The van der Waals surface area contributed by atoms with Gasteiger partial charge in [0.25, 0.3) is 0 Å². The molecule has 0 radical (unpaired) electrons. The maximum absolute atomic E-state index is 6.12. The number of unbranched alkanes of at least 4 members (excludes halogenated alkanes) is 1. The van der Waals surface area contributed by atoms with Gasteiger partial charge in [0, 0.05) is 19.8 Å². The summed E-state index contributed by atoms with van der Waals surface area (Å²) in [6.45, 7) is 14.7. The van der Waals surface area contributed by atoms with Crippen LogP contribution in [0.15, 0.2) is 0 Å². The Morgan fingerprint density at radius 1 is 0.864 bits per heavy atom. The van der Waals surface area contributed by atoms with Crippen LogP contribution in [0.5, 0.6) is 0 Å². The molecule has 0 heterocycles. The fourth-order valence-corrected chi connectivity index (χ4v) is 2.05. The molecule has 134 valence electrons. The molecule has 0 aliphatic rings. The average Bonchev–Trinajstić information content (AvgIpc) is 2.50. The first kappa shape index (κ1) is 21.8. The molecule has 0 rings (SSSR count). The fraction of sp³-hybridized carbons (Fsp3) is 1.00. The fourth-order valence-electron chi connectivity index (χ4n) is 2.05. The van der Waals surface area contributed by atoms with Crippen molar-refractivity contribution < 1.29 is 18.9 Å². The molecule has 0 aromatic heterocycles. The Morgan fingerprint density at radius 2 is 1.50 bits per heavy atom. The van der Waals surface area contributed by atoms with Crippen molar-refractivity contribution in [1.29, 1.82) is 0 Å². The van der Waals surface area contributed by atoms with E-state index in [1.54, 1.807) is 0 Å². The van der Waals surface area contributed by atoms with Gasteiger partial charge in [-0.3, -0.25) is 0 Å². The highest BCUT2D eigenvalue weighted by Crippen LogP contribution is 2.25. The van der Waals surface area contributed by atoms with E-state index in [1.165, 1.54) is 0 Å². The minimum atomic E-state index is -0.657. The predicted molar refractivity (Wildman–Crippen MR) is 91.0 cm³/mol. The van der Waals surface area contributed by atoms with Crippen molar-refractivity contribution in [3.63, 3.8) is 0 Å². The Bertz CT molecular complexity index is 247. The summed E-state index contributed by atoms with van der Waals surface area (Å²) >= 11 is 0. The normalized spacial score (nSPS) is 17.2. The number of hydrogen-bond acceptors (Lipinski definition) is 4. The van der Waals surface area contributed by atoms with Gasteiger partial charge in [-0.25, -0.2) is 0 Å². The van der Waals surface area contributed by atoms with Crippen molar-refractivity contribution in [2.24, 2.45) is 0 Å². The summed E-state index contributed by atoms with van der Waals surface area (Å²) < 4.78 is 23.8. The van der Waals surface area contributed by atoms with Crippen LogP contribution in [0.25, 0.3) is 0 Å². The van der Waals surface area contributed by atoms with Crippen LogP contribution in [-0.2, 0) is 18.9 Å². The number of ether oxygens (including phenoxy) is 4. The van der Waals surface area contributed by atoms with E-state index in [1.807, 2.05) is 6.92 Å². The molecule has 0 amide bonds. The lowest BCUT2D eigenvalue weighted by Crippen LogP contribution is -2.41.